The number of benzene rings is 2. The molecule has 0 aromatic heterocycles. The number of para-hydroxylation sites is 1. The molecular weight excluding hydrogens is 467 g/mol. The second-order valence-corrected chi connectivity index (χ2v) is 8.77. The maximum absolute atomic E-state index is 13.1. The number of carbonyl (C=O) groups excluding carboxylic acids is 4. The lowest BCUT2D eigenvalue weighted by Gasteiger charge is -2.42. The Morgan fingerprint density at radius 1 is 0.972 bits per heavy atom. The number of nitrogens with one attached hydrogen (secondary N) is 1. The summed E-state index contributed by atoms with van der Waals surface area (Å²) in [7, 11) is 0. The monoisotopic (exact) mass is 496 g/mol. The number of likely N-dealkylation sites (tertiary alicyclic amines) is 1. The van der Waals surface area contributed by atoms with Crippen LogP contribution in [0.1, 0.15) is 35.7 Å². The lowest BCUT2D eigenvalue weighted by atomic mass is 10.0. The number of anilines is 1. The third-order valence-electron chi connectivity index (χ3n) is 6.49. The molecule has 0 spiro atoms. The molecule has 2 aromatic carbocycles. The third kappa shape index (κ3) is 5.64. The number of halogens is 1. The van der Waals surface area contributed by atoms with E-state index in [1.165, 1.54) is 17.0 Å². The molecule has 190 valence electrons. The van der Waals surface area contributed by atoms with Crippen LogP contribution in [0.3, 0.4) is 0 Å². The minimum Gasteiger partial charge on any atom is -0.462 e. The SMILES string of the molecule is CCOC(=O)c1ccccc1NC(=O)N1CCC(N2CCN(Cc3ccc(F)cc3)C(=O)C2=O)CC1. The van der Waals surface area contributed by atoms with Gasteiger partial charge in [0.2, 0.25) is 0 Å². The van der Waals surface area contributed by atoms with E-state index in [9.17, 15) is 23.6 Å². The fourth-order valence-corrected chi connectivity index (χ4v) is 4.55. The molecule has 0 aliphatic carbocycles. The van der Waals surface area contributed by atoms with Crippen LogP contribution in [0.15, 0.2) is 48.5 Å². The third-order valence-corrected chi connectivity index (χ3v) is 6.49. The van der Waals surface area contributed by atoms with Gasteiger partial charge in [0.15, 0.2) is 0 Å². The first-order valence-corrected chi connectivity index (χ1v) is 12.0. The molecular formula is C26H29FN4O5. The number of nitrogens with zero attached hydrogens (tertiary/aromatic N) is 3. The van der Waals surface area contributed by atoms with Crippen molar-refractivity contribution in [3.05, 3.63) is 65.5 Å². The van der Waals surface area contributed by atoms with Crippen molar-refractivity contribution in [1.29, 1.82) is 0 Å². The van der Waals surface area contributed by atoms with E-state index >= 15 is 0 Å². The van der Waals surface area contributed by atoms with Crippen molar-refractivity contribution in [1.82, 2.24) is 14.7 Å². The molecule has 2 aromatic rings. The summed E-state index contributed by atoms with van der Waals surface area (Å²) < 4.78 is 18.2. The van der Waals surface area contributed by atoms with Crippen molar-refractivity contribution in [3.63, 3.8) is 0 Å². The number of rotatable bonds is 6. The van der Waals surface area contributed by atoms with Gasteiger partial charge in [0, 0.05) is 38.8 Å². The van der Waals surface area contributed by atoms with Gasteiger partial charge < -0.3 is 24.8 Å². The zero-order valence-corrected chi connectivity index (χ0v) is 20.1. The molecule has 4 amide bonds. The highest BCUT2D eigenvalue weighted by Gasteiger charge is 2.38. The zero-order valence-electron chi connectivity index (χ0n) is 20.1. The Kier molecular flexibility index (Phi) is 7.82. The molecule has 2 saturated heterocycles. The molecule has 0 bridgehead atoms. The average Bonchev–Trinajstić information content (AvgIpc) is 2.89. The number of hydrogen-bond donors (Lipinski definition) is 1. The molecule has 2 heterocycles. The summed E-state index contributed by atoms with van der Waals surface area (Å²) in [6.45, 7) is 3.83. The lowest BCUT2D eigenvalue weighted by molar-refractivity contribution is -0.158. The number of carbonyl (C=O) groups is 4. The van der Waals surface area contributed by atoms with Gasteiger partial charge in [-0.2, -0.15) is 0 Å². The molecule has 2 aliphatic rings. The van der Waals surface area contributed by atoms with Crippen molar-refractivity contribution in [2.75, 3.05) is 38.1 Å². The molecule has 10 heteroatoms. The summed E-state index contributed by atoms with van der Waals surface area (Å²) >= 11 is 0. The van der Waals surface area contributed by atoms with Crippen LogP contribution < -0.4 is 5.32 Å². The Balaban J connectivity index is 1.30. The maximum atomic E-state index is 13.1. The number of piperidine rings is 1. The summed E-state index contributed by atoms with van der Waals surface area (Å²) in [5.41, 5.74) is 1.42. The van der Waals surface area contributed by atoms with Gasteiger partial charge in [-0.15, -0.1) is 0 Å². The molecule has 9 nitrogen and oxygen atoms in total. The number of ether oxygens (including phenoxy) is 1. The highest BCUT2D eigenvalue weighted by atomic mass is 19.1. The Morgan fingerprint density at radius 3 is 2.36 bits per heavy atom. The van der Waals surface area contributed by atoms with Gasteiger partial charge in [-0.05, 0) is 49.6 Å². The van der Waals surface area contributed by atoms with E-state index in [-0.39, 0.29) is 36.6 Å². The van der Waals surface area contributed by atoms with Crippen LogP contribution in [-0.2, 0) is 20.9 Å². The van der Waals surface area contributed by atoms with E-state index in [1.807, 2.05) is 0 Å². The van der Waals surface area contributed by atoms with Crippen LogP contribution in [0, 0.1) is 5.82 Å². The molecule has 0 unspecified atom stereocenters. The van der Waals surface area contributed by atoms with Crippen molar-refractivity contribution >= 4 is 29.5 Å². The van der Waals surface area contributed by atoms with E-state index < -0.39 is 17.8 Å². The Labute approximate surface area is 208 Å². The van der Waals surface area contributed by atoms with Crippen LogP contribution in [0.4, 0.5) is 14.9 Å². The molecule has 0 saturated carbocycles. The van der Waals surface area contributed by atoms with Gasteiger partial charge in [-0.25, -0.2) is 14.0 Å². The molecule has 0 radical (unpaired) electrons. The Hall–Kier alpha value is -3.95. The van der Waals surface area contributed by atoms with Gasteiger partial charge in [0.25, 0.3) is 0 Å². The zero-order chi connectivity index (χ0) is 25.7. The smallest absolute Gasteiger partial charge is 0.340 e. The summed E-state index contributed by atoms with van der Waals surface area (Å²) in [6.07, 6.45) is 1.09. The molecule has 2 aliphatic heterocycles. The Morgan fingerprint density at radius 2 is 1.67 bits per heavy atom. The van der Waals surface area contributed by atoms with E-state index in [1.54, 1.807) is 53.1 Å². The van der Waals surface area contributed by atoms with Gasteiger partial charge in [-0.3, -0.25) is 9.59 Å². The molecule has 36 heavy (non-hydrogen) atoms. The van der Waals surface area contributed by atoms with E-state index in [0.29, 0.717) is 44.7 Å². The van der Waals surface area contributed by atoms with Crippen molar-refractivity contribution < 1.29 is 28.3 Å². The predicted octanol–water partition coefficient (Wildman–Crippen LogP) is 2.87. The fraction of sp³-hybridized carbons (Fsp3) is 0.385. The first kappa shape index (κ1) is 25.2. The molecule has 2 fully saturated rings. The number of piperazine rings is 1. The largest absolute Gasteiger partial charge is 0.462 e. The van der Waals surface area contributed by atoms with Crippen LogP contribution in [0.2, 0.25) is 0 Å². The van der Waals surface area contributed by atoms with Crippen molar-refractivity contribution in [2.24, 2.45) is 0 Å². The van der Waals surface area contributed by atoms with Gasteiger partial charge in [-0.1, -0.05) is 24.3 Å². The summed E-state index contributed by atoms with van der Waals surface area (Å²) in [6, 6.07) is 12.1. The summed E-state index contributed by atoms with van der Waals surface area (Å²) in [5.74, 6) is -1.97. The van der Waals surface area contributed by atoms with Gasteiger partial charge in [0.05, 0.1) is 17.9 Å². The Bertz CT molecular complexity index is 1130. The quantitative estimate of drug-likeness (QED) is 0.490. The highest BCUT2D eigenvalue weighted by molar-refractivity contribution is 6.35. The van der Waals surface area contributed by atoms with Gasteiger partial charge >= 0.3 is 23.8 Å². The lowest BCUT2D eigenvalue weighted by Crippen LogP contribution is -2.59. The van der Waals surface area contributed by atoms with Crippen molar-refractivity contribution in [3.8, 4) is 0 Å². The van der Waals surface area contributed by atoms with Crippen LogP contribution in [0.5, 0.6) is 0 Å². The molecule has 1 N–H and O–H groups in total. The van der Waals surface area contributed by atoms with Gasteiger partial charge in [0.1, 0.15) is 5.82 Å². The van der Waals surface area contributed by atoms with Crippen LogP contribution >= 0.6 is 0 Å². The maximum Gasteiger partial charge on any atom is 0.340 e. The fourth-order valence-electron chi connectivity index (χ4n) is 4.55. The highest BCUT2D eigenvalue weighted by Crippen LogP contribution is 2.22. The first-order chi connectivity index (χ1) is 17.4. The van der Waals surface area contributed by atoms with E-state index in [2.05, 4.69) is 5.32 Å². The standard InChI is InChI=1S/C26H29FN4O5/c1-2-36-25(34)21-5-3-4-6-22(21)28-26(35)29-13-11-20(12-14-29)31-16-15-30(23(32)24(31)33)17-18-7-9-19(27)10-8-18/h3-10,20H,2,11-17H2,1H3,(H,28,35). The van der Waals surface area contributed by atoms with E-state index in [4.69, 9.17) is 4.74 Å². The second-order valence-electron chi connectivity index (χ2n) is 8.77. The molecule has 4 rings (SSSR count). The number of hydrogen-bond acceptors (Lipinski definition) is 5. The molecule has 0 atom stereocenters. The normalized spacial score (nSPS) is 16.8. The van der Waals surface area contributed by atoms with Crippen molar-refractivity contribution in [2.45, 2.75) is 32.4 Å². The average molecular weight is 497 g/mol. The second kappa shape index (κ2) is 11.2. The number of amides is 4. The minimum atomic E-state index is -0.568. The van der Waals surface area contributed by atoms with Crippen LogP contribution in [-0.4, -0.2) is 77.3 Å². The number of esters is 1. The van der Waals surface area contributed by atoms with E-state index in [0.717, 1.165) is 5.56 Å². The predicted molar refractivity (Wildman–Crippen MR) is 130 cm³/mol. The van der Waals surface area contributed by atoms with Crippen LogP contribution in [0.25, 0.3) is 0 Å². The minimum absolute atomic E-state index is 0.134. The summed E-state index contributed by atoms with van der Waals surface area (Å²) in [4.78, 5) is 55.3. The summed E-state index contributed by atoms with van der Waals surface area (Å²) in [5, 5.41) is 2.78. The number of urea groups is 1. The topological polar surface area (TPSA) is 99.3 Å². The first-order valence-electron chi connectivity index (χ1n) is 12.0.